The van der Waals surface area contributed by atoms with Crippen LogP contribution < -0.4 is 10.6 Å². The Morgan fingerprint density at radius 1 is 1.29 bits per heavy atom. The molecule has 2 saturated heterocycles. The second-order valence-electron chi connectivity index (χ2n) is 4.93. The van der Waals surface area contributed by atoms with Gasteiger partial charge in [0.15, 0.2) is 9.84 Å². The van der Waals surface area contributed by atoms with Gasteiger partial charge in [0, 0.05) is 25.6 Å². The molecule has 0 aromatic carbocycles. The van der Waals surface area contributed by atoms with Gasteiger partial charge in [0.05, 0.1) is 11.0 Å². The zero-order valence-corrected chi connectivity index (χ0v) is 10.8. The average Bonchev–Trinajstić information content (AvgIpc) is 2.47. The Morgan fingerprint density at radius 2 is 2.12 bits per heavy atom. The molecule has 2 aliphatic rings. The lowest BCUT2D eigenvalue weighted by Gasteiger charge is -2.17. The number of amides is 1. The van der Waals surface area contributed by atoms with Crippen molar-refractivity contribution in [1.82, 2.24) is 10.6 Å². The number of nitrogens with one attached hydrogen (secondary N) is 2. The second-order valence-corrected chi connectivity index (χ2v) is 7.33. The predicted octanol–water partition coefficient (Wildman–Crippen LogP) is -0.178. The number of hydrogen-bond acceptors (Lipinski definition) is 4. The molecule has 2 heterocycles. The Labute approximate surface area is 102 Å². The lowest BCUT2D eigenvalue weighted by Crippen LogP contribution is -2.38. The summed E-state index contributed by atoms with van der Waals surface area (Å²) in [6, 6.07) is 0.133. The Bertz CT molecular complexity index is 380. The van der Waals surface area contributed by atoms with Gasteiger partial charge in [-0.25, -0.2) is 8.42 Å². The monoisotopic (exact) mass is 260 g/mol. The van der Waals surface area contributed by atoms with Crippen LogP contribution in [0.4, 0.5) is 0 Å². The third kappa shape index (κ3) is 3.42. The highest BCUT2D eigenvalue weighted by atomic mass is 32.2. The SMILES string of the molecule is O=C1CC(NCC2CCCS2(=O)=O)CCCN1. The summed E-state index contributed by atoms with van der Waals surface area (Å²) in [6.45, 7) is 1.24. The van der Waals surface area contributed by atoms with E-state index in [4.69, 9.17) is 0 Å². The van der Waals surface area contributed by atoms with E-state index < -0.39 is 9.84 Å². The van der Waals surface area contributed by atoms with E-state index >= 15 is 0 Å². The fraction of sp³-hybridized carbons (Fsp3) is 0.909. The van der Waals surface area contributed by atoms with E-state index in [2.05, 4.69) is 10.6 Å². The highest BCUT2D eigenvalue weighted by Gasteiger charge is 2.31. The van der Waals surface area contributed by atoms with E-state index in [1.54, 1.807) is 0 Å². The first kappa shape index (κ1) is 12.8. The molecule has 5 nitrogen and oxygen atoms in total. The Balaban J connectivity index is 1.83. The van der Waals surface area contributed by atoms with Crippen molar-refractivity contribution in [2.75, 3.05) is 18.8 Å². The summed E-state index contributed by atoms with van der Waals surface area (Å²) in [6.07, 6.45) is 3.90. The smallest absolute Gasteiger partial charge is 0.221 e. The molecule has 1 amide bonds. The number of carbonyl (C=O) groups excluding carboxylic acids is 1. The Morgan fingerprint density at radius 3 is 2.82 bits per heavy atom. The average molecular weight is 260 g/mol. The van der Waals surface area contributed by atoms with Crippen molar-refractivity contribution in [2.24, 2.45) is 0 Å². The van der Waals surface area contributed by atoms with Crippen LogP contribution >= 0.6 is 0 Å². The quantitative estimate of drug-likeness (QED) is 0.738. The molecule has 0 aromatic rings. The fourth-order valence-corrected chi connectivity index (χ4v) is 4.31. The minimum atomic E-state index is -2.87. The van der Waals surface area contributed by atoms with Gasteiger partial charge in [-0.3, -0.25) is 4.79 Å². The van der Waals surface area contributed by atoms with E-state index in [1.807, 2.05) is 0 Å². The molecular formula is C11H20N2O3S. The third-order valence-corrected chi connectivity index (χ3v) is 5.86. The zero-order valence-electron chi connectivity index (χ0n) is 9.94. The molecule has 6 heteroatoms. The van der Waals surface area contributed by atoms with Crippen LogP contribution in [-0.2, 0) is 14.6 Å². The van der Waals surface area contributed by atoms with Gasteiger partial charge in [0.2, 0.25) is 5.91 Å². The molecule has 2 atom stereocenters. The highest BCUT2D eigenvalue weighted by Crippen LogP contribution is 2.19. The van der Waals surface area contributed by atoms with Crippen molar-refractivity contribution in [2.45, 2.75) is 43.4 Å². The van der Waals surface area contributed by atoms with Crippen LogP contribution in [0.5, 0.6) is 0 Å². The molecule has 0 spiro atoms. The van der Waals surface area contributed by atoms with E-state index in [9.17, 15) is 13.2 Å². The highest BCUT2D eigenvalue weighted by molar-refractivity contribution is 7.92. The maximum Gasteiger partial charge on any atom is 0.221 e. The number of carbonyl (C=O) groups is 1. The first-order chi connectivity index (χ1) is 8.08. The fourth-order valence-electron chi connectivity index (χ4n) is 2.53. The molecule has 2 unspecified atom stereocenters. The van der Waals surface area contributed by atoms with Gasteiger partial charge in [-0.05, 0) is 25.7 Å². The van der Waals surface area contributed by atoms with E-state index in [-0.39, 0.29) is 17.2 Å². The normalized spacial score (nSPS) is 33.1. The first-order valence-electron chi connectivity index (χ1n) is 6.29. The van der Waals surface area contributed by atoms with Gasteiger partial charge in [-0.15, -0.1) is 0 Å². The number of sulfone groups is 1. The van der Waals surface area contributed by atoms with Crippen molar-refractivity contribution in [1.29, 1.82) is 0 Å². The summed E-state index contributed by atoms with van der Waals surface area (Å²) in [5.41, 5.74) is 0. The minimum absolute atomic E-state index is 0.0641. The summed E-state index contributed by atoms with van der Waals surface area (Å²) in [5.74, 6) is 0.388. The number of hydrogen-bond donors (Lipinski definition) is 2. The van der Waals surface area contributed by atoms with Crippen LogP contribution in [0.3, 0.4) is 0 Å². The molecule has 0 saturated carbocycles. The van der Waals surface area contributed by atoms with Crippen LogP contribution in [0.25, 0.3) is 0 Å². The lowest BCUT2D eigenvalue weighted by atomic mass is 10.1. The van der Waals surface area contributed by atoms with Crippen LogP contribution in [0.15, 0.2) is 0 Å². The predicted molar refractivity (Wildman–Crippen MR) is 65.5 cm³/mol. The van der Waals surface area contributed by atoms with Crippen LogP contribution in [0.2, 0.25) is 0 Å². The second kappa shape index (κ2) is 5.35. The molecule has 0 radical (unpaired) electrons. The van der Waals surface area contributed by atoms with Crippen molar-refractivity contribution in [3.05, 3.63) is 0 Å². The third-order valence-electron chi connectivity index (χ3n) is 3.58. The zero-order chi connectivity index (χ0) is 12.3. The largest absolute Gasteiger partial charge is 0.356 e. The van der Waals surface area contributed by atoms with E-state index in [1.165, 1.54) is 0 Å². The van der Waals surface area contributed by atoms with Gasteiger partial charge in [-0.1, -0.05) is 0 Å². The van der Waals surface area contributed by atoms with Gasteiger partial charge < -0.3 is 10.6 Å². The summed E-state index contributed by atoms with van der Waals surface area (Å²) in [7, 11) is -2.87. The van der Waals surface area contributed by atoms with Crippen LogP contribution in [-0.4, -0.2) is 44.5 Å². The number of rotatable bonds is 3. The maximum absolute atomic E-state index is 11.6. The molecule has 0 aliphatic carbocycles. The summed E-state index contributed by atoms with van der Waals surface area (Å²) in [5, 5.41) is 5.83. The van der Waals surface area contributed by atoms with Gasteiger partial charge in [-0.2, -0.15) is 0 Å². The van der Waals surface area contributed by atoms with Crippen LogP contribution in [0.1, 0.15) is 32.1 Å². The Kier molecular flexibility index (Phi) is 4.04. The maximum atomic E-state index is 11.6. The molecule has 2 fully saturated rings. The molecule has 2 N–H and O–H groups in total. The molecular weight excluding hydrogens is 240 g/mol. The molecule has 2 rings (SSSR count). The van der Waals surface area contributed by atoms with Gasteiger partial charge in [0.25, 0.3) is 0 Å². The topological polar surface area (TPSA) is 75.3 Å². The first-order valence-corrected chi connectivity index (χ1v) is 8.01. The minimum Gasteiger partial charge on any atom is -0.356 e. The molecule has 2 aliphatic heterocycles. The summed E-state index contributed by atoms with van der Waals surface area (Å²) < 4.78 is 23.3. The Hall–Kier alpha value is -0.620. The standard InChI is InChI=1S/C11H20N2O3S/c14-11-7-9(3-1-5-12-11)13-8-10-4-2-6-17(10,15)16/h9-10,13H,1-8H2,(H,12,14). The van der Waals surface area contributed by atoms with Gasteiger partial charge in [0.1, 0.15) is 0 Å². The van der Waals surface area contributed by atoms with Crippen molar-refractivity contribution < 1.29 is 13.2 Å². The molecule has 98 valence electrons. The molecule has 0 aromatic heterocycles. The van der Waals surface area contributed by atoms with E-state index in [0.717, 1.165) is 32.2 Å². The van der Waals surface area contributed by atoms with Crippen molar-refractivity contribution >= 4 is 15.7 Å². The van der Waals surface area contributed by atoms with Crippen molar-refractivity contribution in [3.8, 4) is 0 Å². The summed E-state index contributed by atoms with van der Waals surface area (Å²) in [4.78, 5) is 11.3. The van der Waals surface area contributed by atoms with Gasteiger partial charge >= 0.3 is 0 Å². The van der Waals surface area contributed by atoms with Crippen LogP contribution in [0, 0.1) is 0 Å². The van der Waals surface area contributed by atoms with E-state index in [0.29, 0.717) is 18.7 Å². The lowest BCUT2D eigenvalue weighted by molar-refractivity contribution is -0.121. The molecule has 0 bridgehead atoms. The van der Waals surface area contributed by atoms with Crippen molar-refractivity contribution in [3.63, 3.8) is 0 Å². The summed E-state index contributed by atoms with van der Waals surface area (Å²) >= 11 is 0. The molecule has 17 heavy (non-hydrogen) atoms.